The summed E-state index contributed by atoms with van der Waals surface area (Å²) in [4.78, 5) is 35.3. The lowest BCUT2D eigenvalue weighted by atomic mass is 9.93. The highest BCUT2D eigenvalue weighted by Gasteiger charge is 2.54. The van der Waals surface area contributed by atoms with Gasteiger partial charge in [-0.05, 0) is 113 Å². The van der Waals surface area contributed by atoms with Crippen LogP contribution in [0, 0.1) is 24.4 Å². The number of carbonyl (C=O) groups is 1. The number of halogens is 6. The number of hydrogen-bond acceptors (Lipinski definition) is 12. The van der Waals surface area contributed by atoms with E-state index in [9.17, 15) is 18.0 Å². The summed E-state index contributed by atoms with van der Waals surface area (Å²) in [7, 11) is 3.03. The van der Waals surface area contributed by atoms with E-state index >= 15 is 13.2 Å². The lowest BCUT2D eigenvalue weighted by Gasteiger charge is -2.48. The maximum Gasteiger partial charge on any atom is 0.410 e. The summed E-state index contributed by atoms with van der Waals surface area (Å²) >= 11 is 0. The van der Waals surface area contributed by atoms with Gasteiger partial charge >= 0.3 is 12.1 Å². The fraction of sp³-hybridized carbons (Fsp3) is 0.509. The zero-order valence-corrected chi connectivity index (χ0v) is 41.4. The molecular formula is C53H59F6N7O6. The van der Waals surface area contributed by atoms with E-state index in [-0.39, 0.29) is 73.9 Å². The number of aromatic nitrogens is 3. The summed E-state index contributed by atoms with van der Waals surface area (Å²) in [6.07, 6.45) is -3.67. The second-order valence-corrected chi connectivity index (χ2v) is 20.8. The third kappa shape index (κ3) is 8.92. The molecule has 1 amide bonds. The van der Waals surface area contributed by atoms with Crippen LogP contribution in [0.2, 0.25) is 0 Å². The van der Waals surface area contributed by atoms with Crippen molar-refractivity contribution in [2.45, 2.75) is 134 Å². The molecule has 384 valence electrons. The normalized spacial score (nSPS) is 23.5. The number of carbonyl (C=O) groups excluding carboxylic acids is 1. The second-order valence-electron chi connectivity index (χ2n) is 20.8. The van der Waals surface area contributed by atoms with Crippen LogP contribution in [0.1, 0.15) is 82.1 Å². The number of benzene rings is 3. The van der Waals surface area contributed by atoms with Crippen molar-refractivity contribution in [2.24, 2.45) is 0 Å². The molecule has 0 N–H and O–H groups in total. The highest BCUT2D eigenvalue weighted by atomic mass is 19.3. The molecule has 3 aromatic carbocycles. The van der Waals surface area contributed by atoms with E-state index in [1.165, 1.54) is 26.0 Å². The zero-order valence-electron chi connectivity index (χ0n) is 41.4. The minimum atomic E-state index is -3.11. The largest absolute Gasteiger partial charge is 0.497 e. The van der Waals surface area contributed by atoms with E-state index in [4.69, 9.17) is 28.7 Å². The van der Waals surface area contributed by atoms with Crippen LogP contribution < -0.4 is 28.7 Å². The molecule has 0 spiro atoms. The van der Waals surface area contributed by atoms with Gasteiger partial charge in [-0.15, -0.1) is 0 Å². The summed E-state index contributed by atoms with van der Waals surface area (Å²) < 4.78 is 128. The predicted octanol–water partition coefficient (Wildman–Crippen LogP) is 10.1. The van der Waals surface area contributed by atoms with Gasteiger partial charge in [-0.3, -0.25) is 9.80 Å². The van der Waals surface area contributed by atoms with E-state index < -0.39 is 99.9 Å². The molecule has 4 fully saturated rings. The van der Waals surface area contributed by atoms with Crippen LogP contribution in [0.3, 0.4) is 0 Å². The SMILES string of the molecule is COc1ccc(CN(Cc2ccc(OC)cc2)c2c(F)c(C)c(CC(F)F)c(-c3nc4c5c(nc(OC[C@@]67CCCN6C[C@H](F)C7)nc5c3F)N3C[C@H]5CC[C@@H]([C@H]3[C@H](C)O4)N5C(=O)OC(C)(C)C)c2F)cc1. The Morgan fingerprint density at radius 3 is 2.21 bits per heavy atom. The monoisotopic (exact) mass is 1000 g/mol. The molecule has 0 radical (unpaired) electrons. The van der Waals surface area contributed by atoms with Crippen molar-refractivity contribution in [1.82, 2.24) is 24.8 Å². The van der Waals surface area contributed by atoms with Crippen molar-refractivity contribution in [2.75, 3.05) is 50.3 Å². The molecule has 10 rings (SSSR count). The van der Waals surface area contributed by atoms with Gasteiger partial charge in [-0.2, -0.15) is 9.97 Å². The summed E-state index contributed by atoms with van der Waals surface area (Å²) in [6, 6.07) is 12.1. The Labute approximate surface area is 414 Å². The fourth-order valence-corrected chi connectivity index (χ4v) is 11.8. The number of pyridine rings is 1. The van der Waals surface area contributed by atoms with Crippen LogP contribution in [-0.4, -0.2) is 119 Å². The highest BCUT2D eigenvalue weighted by molar-refractivity contribution is 5.98. The second kappa shape index (κ2) is 19.0. The first-order valence-corrected chi connectivity index (χ1v) is 24.5. The first-order chi connectivity index (χ1) is 34.4. The van der Waals surface area contributed by atoms with Crippen LogP contribution >= 0.6 is 0 Å². The van der Waals surface area contributed by atoms with Crippen molar-refractivity contribution in [3.8, 4) is 34.6 Å². The molecule has 0 saturated carbocycles. The number of nitrogens with zero attached hydrogens (tertiary/aromatic N) is 7. The number of amides is 1. The molecular weight excluding hydrogens is 945 g/mol. The highest BCUT2D eigenvalue weighted by Crippen LogP contribution is 2.49. The van der Waals surface area contributed by atoms with E-state index in [1.54, 1.807) is 81.1 Å². The van der Waals surface area contributed by atoms with Crippen molar-refractivity contribution in [1.29, 1.82) is 0 Å². The average Bonchev–Trinajstić information content (AvgIpc) is 3.95. The Morgan fingerprint density at radius 1 is 0.917 bits per heavy atom. The van der Waals surface area contributed by atoms with Gasteiger partial charge in [0.1, 0.15) is 64.1 Å². The lowest BCUT2D eigenvalue weighted by Crippen LogP contribution is -2.65. The van der Waals surface area contributed by atoms with Gasteiger partial charge in [0.05, 0.1) is 37.9 Å². The van der Waals surface area contributed by atoms with Gasteiger partial charge in [0.2, 0.25) is 12.3 Å². The molecule has 19 heteroatoms. The standard InChI is InChI=1S/C53H59F6N7O6/c1-28-36(21-38(55)56)39(42(58)47(41(28)57)63(23-30-9-14-34(68-6)15-10-30)24-31-11-16-35(69-7)17-12-31)44-43(59)45-40-48(62-50(61-45)70-27-53-19-8-20-64(53)25-32(54)22-53)65-26-33-13-18-37(46(65)29(2)71-49(40)60-44)66(33)51(67)72-52(3,4)5/h9-12,14-17,29,32-33,37-38,46H,8,13,18-27H2,1-7H3/t29-,32+,33+,37-,46+,53-/m0/s1. The summed E-state index contributed by atoms with van der Waals surface area (Å²) in [5.41, 5.74) is -3.42. The zero-order chi connectivity index (χ0) is 51.0. The van der Waals surface area contributed by atoms with Crippen LogP contribution in [0.4, 0.5) is 42.6 Å². The van der Waals surface area contributed by atoms with Gasteiger partial charge in [-0.1, -0.05) is 24.3 Å². The van der Waals surface area contributed by atoms with Crippen LogP contribution in [0.15, 0.2) is 48.5 Å². The maximum atomic E-state index is 18.2. The number of rotatable bonds is 13. The number of piperazine rings is 1. The van der Waals surface area contributed by atoms with Gasteiger partial charge in [-0.25, -0.2) is 36.1 Å². The Morgan fingerprint density at radius 2 is 1.58 bits per heavy atom. The molecule has 13 nitrogen and oxygen atoms in total. The van der Waals surface area contributed by atoms with E-state index in [1.807, 2.05) is 4.90 Å². The molecule has 5 aliphatic rings. The summed E-state index contributed by atoms with van der Waals surface area (Å²) in [5.74, 6) is -2.57. The first-order valence-electron chi connectivity index (χ1n) is 24.5. The van der Waals surface area contributed by atoms with Crippen molar-refractivity contribution >= 4 is 28.5 Å². The molecule has 7 heterocycles. The number of hydrogen-bond donors (Lipinski definition) is 0. The minimum Gasteiger partial charge on any atom is -0.497 e. The van der Waals surface area contributed by atoms with Gasteiger partial charge in [0.25, 0.3) is 0 Å². The summed E-state index contributed by atoms with van der Waals surface area (Å²) in [6.45, 7) is 9.42. The smallest absolute Gasteiger partial charge is 0.410 e. The van der Waals surface area contributed by atoms with Crippen molar-refractivity contribution in [3.05, 3.63) is 88.2 Å². The van der Waals surface area contributed by atoms with Gasteiger partial charge in [0.15, 0.2) is 17.5 Å². The van der Waals surface area contributed by atoms with E-state index in [0.717, 1.165) is 6.42 Å². The van der Waals surface area contributed by atoms with E-state index in [2.05, 4.69) is 14.9 Å². The number of alkyl halides is 3. The number of ether oxygens (including phenoxy) is 5. The van der Waals surface area contributed by atoms with Gasteiger partial charge < -0.3 is 33.5 Å². The third-order valence-corrected chi connectivity index (χ3v) is 15.0. The molecule has 2 bridgehead atoms. The molecule has 0 unspecified atom stereocenters. The van der Waals surface area contributed by atoms with E-state index in [0.29, 0.717) is 48.4 Å². The molecule has 72 heavy (non-hydrogen) atoms. The van der Waals surface area contributed by atoms with Crippen molar-refractivity contribution in [3.63, 3.8) is 0 Å². The Balaban J connectivity index is 1.16. The molecule has 5 aromatic rings. The lowest BCUT2D eigenvalue weighted by molar-refractivity contribution is 0.000927. The first kappa shape index (κ1) is 49.3. The molecule has 4 saturated heterocycles. The van der Waals surface area contributed by atoms with Gasteiger partial charge in [0, 0.05) is 44.6 Å². The molecule has 5 aliphatic heterocycles. The predicted molar refractivity (Wildman–Crippen MR) is 258 cm³/mol. The molecule has 6 atom stereocenters. The molecule has 0 aliphatic carbocycles. The quantitative estimate of drug-likeness (QED) is 0.105. The summed E-state index contributed by atoms with van der Waals surface area (Å²) in [5, 5.41) is 0.0175. The van der Waals surface area contributed by atoms with Crippen molar-refractivity contribution < 1.29 is 54.8 Å². The Bertz CT molecular complexity index is 2820. The third-order valence-electron chi connectivity index (χ3n) is 15.0. The number of methoxy groups -OCH3 is 2. The fourth-order valence-electron chi connectivity index (χ4n) is 11.8. The minimum absolute atomic E-state index is 0.00923. The average molecular weight is 1000 g/mol. The number of anilines is 2. The molecule has 2 aromatic heterocycles. The van der Waals surface area contributed by atoms with Crippen LogP contribution in [0.5, 0.6) is 23.4 Å². The Hall–Kier alpha value is -6.24. The van der Waals surface area contributed by atoms with Crippen LogP contribution in [-0.2, 0) is 24.2 Å². The van der Waals surface area contributed by atoms with Crippen LogP contribution in [0.25, 0.3) is 22.2 Å². The topological polar surface area (TPSA) is 115 Å². The maximum absolute atomic E-state index is 18.2. The number of fused-ring (bicyclic) bond motifs is 6. The Kier molecular flexibility index (Phi) is 13.0.